The monoisotopic (exact) mass is 448 g/mol. The predicted molar refractivity (Wildman–Crippen MR) is 136 cm³/mol. The van der Waals surface area contributed by atoms with E-state index in [0.29, 0.717) is 0 Å². The van der Waals surface area contributed by atoms with Gasteiger partial charge in [-0.05, 0) is 58.4 Å². The molecule has 0 amide bonds. The van der Waals surface area contributed by atoms with Crippen molar-refractivity contribution < 1.29 is 14.7 Å². The van der Waals surface area contributed by atoms with Crippen molar-refractivity contribution in [1.29, 1.82) is 0 Å². The van der Waals surface area contributed by atoms with Crippen LogP contribution >= 0.6 is 0 Å². The molecule has 32 heavy (non-hydrogen) atoms. The minimum Gasteiger partial charge on any atom is -0.475 e. The van der Waals surface area contributed by atoms with E-state index in [1.165, 1.54) is 40.3 Å². The fourth-order valence-electron chi connectivity index (χ4n) is 4.73. The number of carbonyl (C=O) groups is 2. The van der Waals surface area contributed by atoms with Crippen LogP contribution in [0, 0.1) is 6.92 Å². The van der Waals surface area contributed by atoms with Crippen molar-refractivity contribution in [3.8, 4) is 0 Å². The summed E-state index contributed by atoms with van der Waals surface area (Å²) in [6.07, 6.45) is 4.61. The van der Waals surface area contributed by atoms with Crippen LogP contribution in [0.2, 0.25) is 19.6 Å². The van der Waals surface area contributed by atoms with Crippen LogP contribution in [0.15, 0.2) is 36.4 Å². The molecule has 0 saturated heterocycles. The molecular weight excluding hydrogens is 412 g/mol. The van der Waals surface area contributed by atoms with Gasteiger partial charge in [0.2, 0.25) is 0 Å². The molecule has 0 atom stereocenters. The molecule has 3 nitrogen and oxygen atoms in total. The third-order valence-corrected chi connectivity index (χ3v) is 9.00. The van der Waals surface area contributed by atoms with E-state index in [1.54, 1.807) is 12.1 Å². The molecule has 1 N–H and O–H groups in total. The van der Waals surface area contributed by atoms with Crippen molar-refractivity contribution in [2.24, 2.45) is 0 Å². The number of aryl methyl sites for hydroxylation is 1. The first kappa shape index (κ1) is 24.2. The number of Topliss-reactive ketones (excluding diaryl/α,β-unsaturated/α-hetero) is 1. The van der Waals surface area contributed by atoms with Gasteiger partial charge >= 0.3 is 5.97 Å². The smallest absolute Gasteiger partial charge is 0.377 e. The average Bonchev–Trinajstić information content (AvgIpc) is 2.69. The van der Waals surface area contributed by atoms with Gasteiger partial charge in [-0.25, -0.2) is 4.79 Å². The second-order valence-electron chi connectivity index (χ2n) is 11.5. The number of rotatable bonds is 5. The third kappa shape index (κ3) is 4.66. The number of fused-ring (bicyclic) bond motifs is 1. The Labute approximate surface area is 193 Å². The highest BCUT2D eigenvalue weighted by Crippen LogP contribution is 2.47. The second kappa shape index (κ2) is 8.15. The zero-order chi connectivity index (χ0) is 24.1. The Kier molecular flexibility index (Phi) is 6.16. The summed E-state index contributed by atoms with van der Waals surface area (Å²) in [5.41, 5.74) is 7.09. The Hall–Kier alpha value is -2.46. The van der Waals surface area contributed by atoms with E-state index in [-0.39, 0.29) is 16.4 Å². The average molecular weight is 449 g/mol. The molecule has 170 valence electrons. The molecule has 2 aromatic rings. The zero-order valence-corrected chi connectivity index (χ0v) is 21.7. The van der Waals surface area contributed by atoms with Crippen molar-refractivity contribution in [3.63, 3.8) is 0 Å². The number of carboxylic acids is 1. The normalized spacial score (nSPS) is 17.6. The molecule has 0 heterocycles. The Morgan fingerprint density at radius 1 is 0.906 bits per heavy atom. The summed E-state index contributed by atoms with van der Waals surface area (Å²) in [6, 6.07) is 11.8. The Morgan fingerprint density at radius 2 is 1.41 bits per heavy atom. The molecule has 0 saturated carbocycles. The minimum atomic E-state index is -1.72. The quantitative estimate of drug-likeness (QED) is 0.231. The van der Waals surface area contributed by atoms with E-state index in [4.69, 9.17) is 5.11 Å². The molecular formula is C28H36O3Si. The van der Waals surface area contributed by atoms with Gasteiger partial charge in [0.25, 0.3) is 5.78 Å². The van der Waals surface area contributed by atoms with Crippen LogP contribution in [-0.2, 0) is 15.6 Å². The number of ketones is 1. The van der Waals surface area contributed by atoms with E-state index in [2.05, 4.69) is 72.5 Å². The van der Waals surface area contributed by atoms with Gasteiger partial charge in [-0.2, -0.15) is 0 Å². The summed E-state index contributed by atoms with van der Waals surface area (Å²) >= 11 is 0. The summed E-state index contributed by atoms with van der Waals surface area (Å²) in [7, 11) is -1.72. The van der Waals surface area contributed by atoms with Gasteiger partial charge in [0.15, 0.2) is 0 Å². The minimum absolute atomic E-state index is 0.149. The van der Waals surface area contributed by atoms with Crippen molar-refractivity contribution in [3.05, 3.63) is 69.8 Å². The van der Waals surface area contributed by atoms with Gasteiger partial charge in [0.05, 0.1) is 8.07 Å². The first-order valence-electron chi connectivity index (χ1n) is 11.4. The van der Waals surface area contributed by atoms with E-state index in [1.807, 2.05) is 12.1 Å². The number of hydrogen-bond donors (Lipinski definition) is 1. The highest BCUT2D eigenvalue weighted by atomic mass is 28.3. The van der Waals surface area contributed by atoms with Crippen LogP contribution in [0.3, 0.4) is 0 Å². The molecule has 1 aliphatic rings. The van der Waals surface area contributed by atoms with Gasteiger partial charge in [0, 0.05) is 5.56 Å². The Balaban J connectivity index is 2.16. The van der Waals surface area contributed by atoms with E-state index < -0.39 is 19.8 Å². The standard InChI is InChI=1S/C28H36O3Si/c1-18-15-22-23(28(4,5)14-13-27(22,2)3)17-21(18)24(32(6,7)8)16-19-9-11-20(12-10-19)25(29)26(30)31/h9-12,15-17H,13-14H2,1-8H3,(H,30,31). The maximum atomic E-state index is 11.7. The van der Waals surface area contributed by atoms with Crippen molar-refractivity contribution in [1.82, 2.24) is 0 Å². The van der Waals surface area contributed by atoms with Crippen LogP contribution in [0.5, 0.6) is 0 Å². The zero-order valence-electron chi connectivity index (χ0n) is 20.7. The lowest BCUT2D eigenvalue weighted by atomic mass is 9.62. The van der Waals surface area contributed by atoms with E-state index >= 15 is 0 Å². The maximum absolute atomic E-state index is 11.7. The molecule has 0 bridgehead atoms. The Bertz CT molecular complexity index is 1100. The molecule has 3 rings (SSSR count). The van der Waals surface area contributed by atoms with Crippen LogP contribution in [-0.4, -0.2) is 24.9 Å². The molecule has 0 aromatic heterocycles. The van der Waals surface area contributed by atoms with Crippen molar-refractivity contribution in [2.45, 2.75) is 77.9 Å². The first-order valence-corrected chi connectivity index (χ1v) is 14.9. The molecule has 0 unspecified atom stereocenters. The number of benzene rings is 2. The third-order valence-electron chi connectivity index (χ3n) is 6.97. The maximum Gasteiger partial charge on any atom is 0.377 e. The van der Waals surface area contributed by atoms with Crippen molar-refractivity contribution in [2.75, 3.05) is 0 Å². The van der Waals surface area contributed by atoms with Gasteiger partial charge in [-0.1, -0.05) is 95.0 Å². The van der Waals surface area contributed by atoms with E-state index in [0.717, 1.165) is 5.56 Å². The van der Waals surface area contributed by atoms with E-state index in [9.17, 15) is 9.59 Å². The number of aliphatic carboxylic acids is 1. The number of hydrogen-bond acceptors (Lipinski definition) is 2. The molecule has 1 aliphatic carbocycles. The van der Waals surface area contributed by atoms with Crippen molar-refractivity contribution >= 4 is 31.1 Å². The fraction of sp³-hybridized carbons (Fsp3) is 0.429. The highest BCUT2D eigenvalue weighted by Gasteiger charge is 2.38. The topological polar surface area (TPSA) is 54.4 Å². The van der Waals surface area contributed by atoms with Crippen LogP contribution in [0.1, 0.15) is 78.7 Å². The largest absolute Gasteiger partial charge is 0.475 e. The van der Waals surface area contributed by atoms with Gasteiger partial charge in [-0.3, -0.25) is 4.79 Å². The van der Waals surface area contributed by atoms with Gasteiger partial charge in [0.1, 0.15) is 0 Å². The summed E-state index contributed by atoms with van der Waals surface area (Å²) in [5, 5.41) is 10.3. The lowest BCUT2D eigenvalue weighted by Gasteiger charge is -2.43. The summed E-state index contributed by atoms with van der Waals surface area (Å²) in [5.74, 6) is -2.30. The lowest BCUT2D eigenvalue weighted by Crippen LogP contribution is -2.34. The summed E-state index contributed by atoms with van der Waals surface area (Å²) in [4.78, 5) is 22.7. The Morgan fingerprint density at radius 3 is 1.88 bits per heavy atom. The SMILES string of the molecule is Cc1cc2c(cc1C(=Cc1ccc(C(=O)C(=O)O)cc1)[Si](C)(C)C)C(C)(C)CCC2(C)C. The molecule has 4 heteroatoms. The lowest BCUT2D eigenvalue weighted by molar-refractivity contribution is -0.131. The first-order chi connectivity index (χ1) is 14.6. The second-order valence-corrected chi connectivity index (χ2v) is 16.6. The summed E-state index contributed by atoms with van der Waals surface area (Å²) < 4.78 is 0. The molecule has 0 radical (unpaired) electrons. The predicted octanol–water partition coefficient (Wildman–Crippen LogP) is 7.03. The molecule has 2 aromatic carbocycles. The van der Waals surface area contributed by atoms with Gasteiger partial charge in [-0.15, -0.1) is 0 Å². The molecule has 0 fully saturated rings. The van der Waals surface area contributed by atoms with Crippen LogP contribution in [0.25, 0.3) is 11.3 Å². The molecule has 0 aliphatic heterocycles. The molecule has 0 spiro atoms. The number of carboxylic acid groups (broad SMARTS) is 1. The van der Waals surface area contributed by atoms with Crippen LogP contribution in [0.4, 0.5) is 0 Å². The fourth-order valence-corrected chi connectivity index (χ4v) is 6.41. The highest BCUT2D eigenvalue weighted by molar-refractivity contribution is 6.94. The summed E-state index contributed by atoms with van der Waals surface area (Å²) in [6.45, 7) is 18.7. The number of carbonyl (C=O) groups excluding carboxylic acids is 1. The van der Waals surface area contributed by atoms with Crippen LogP contribution < -0.4 is 0 Å². The van der Waals surface area contributed by atoms with Gasteiger partial charge < -0.3 is 5.11 Å².